The van der Waals surface area contributed by atoms with Gasteiger partial charge in [0.05, 0.1) is 14.2 Å². The number of rotatable bonds is 6. The number of ether oxygens (including phenoxy) is 2. The van der Waals surface area contributed by atoms with E-state index in [2.05, 4.69) is 0 Å². The topological polar surface area (TPSA) is 55.8 Å². The van der Waals surface area contributed by atoms with Gasteiger partial charge in [0.1, 0.15) is 0 Å². The average Bonchev–Trinajstić information content (AvgIpc) is 2.35. The normalized spacial score (nSPS) is 12.0. The van der Waals surface area contributed by atoms with Crippen LogP contribution in [0.15, 0.2) is 12.1 Å². The van der Waals surface area contributed by atoms with Crippen molar-refractivity contribution in [2.75, 3.05) is 14.2 Å². The van der Waals surface area contributed by atoms with Gasteiger partial charge in [-0.1, -0.05) is 18.5 Å². The van der Waals surface area contributed by atoms with Crippen LogP contribution in [0.3, 0.4) is 0 Å². The molecule has 0 aliphatic rings. The van der Waals surface area contributed by atoms with Crippen molar-refractivity contribution in [1.82, 2.24) is 0 Å². The van der Waals surface area contributed by atoms with E-state index in [-0.39, 0.29) is 12.3 Å². The summed E-state index contributed by atoms with van der Waals surface area (Å²) in [7, 11) is 3.10. The summed E-state index contributed by atoms with van der Waals surface area (Å²) >= 11 is 6.16. The van der Waals surface area contributed by atoms with Crippen LogP contribution < -0.4 is 9.47 Å². The van der Waals surface area contributed by atoms with Crippen LogP contribution in [-0.2, 0) is 4.79 Å². The first-order chi connectivity index (χ1) is 8.49. The third-order valence-corrected chi connectivity index (χ3v) is 3.15. The van der Waals surface area contributed by atoms with Crippen molar-refractivity contribution < 1.29 is 19.4 Å². The van der Waals surface area contributed by atoms with E-state index in [1.807, 2.05) is 6.92 Å². The fourth-order valence-electron chi connectivity index (χ4n) is 1.74. The Bertz CT molecular complexity index is 431. The third kappa shape index (κ3) is 3.53. The van der Waals surface area contributed by atoms with E-state index in [4.69, 9.17) is 26.2 Å². The van der Waals surface area contributed by atoms with Gasteiger partial charge in [0, 0.05) is 17.5 Å². The van der Waals surface area contributed by atoms with E-state index in [0.29, 0.717) is 22.9 Å². The Kier molecular flexibility index (Phi) is 5.28. The minimum absolute atomic E-state index is 0.0495. The fraction of sp³-hybridized carbons (Fsp3) is 0.462. The molecule has 100 valence electrons. The van der Waals surface area contributed by atoms with Crippen LogP contribution in [0.5, 0.6) is 11.5 Å². The number of methoxy groups -OCH3 is 2. The SMILES string of the molecule is COc1cc(Cl)c(C(C)CCC(=O)O)cc1OC. The minimum Gasteiger partial charge on any atom is -0.493 e. The molecule has 0 radical (unpaired) electrons. The molecule has 18 heavy (non-hydrogen) atoms. The van der Waals surface area contributed by atoms with E-state index in [9.17, 15) is 4.79 Å². The van der Waals surface area contributed by atoms with Gasteiger partial charge in [-0.3, -0.25) is 4.79 Å². The molecule has 1 unspecified atom stereocenters. The first kappa shape index (κ1) is 14.6. The summed E-state index contributed by atoms with van der Waals surface area (Å²) in [6.07, 6.45) is 0.649. The van der Waals surface area contributed by atoms with Crippen LogP contribution in [0.25, 0.3) is 0 Å². The molecule has 0 saturated carbocycles. The molecule has 1 atom stereocenters. The highest BCUT2D eigenvalue weighted by Gasteiger charge is 2.15. The Morgan fingerprint density at radius 3 is 2.39 bits per heavy atom. The number of aliphatic carboxylic acids is 1. The van der Waals surface area contributed by atoms with Crippen LogP contribution in [0.2, 0.25) is 5.02 Å². The molecular weight excluding hydrogens is 256 g/mol. The van der Waals surface area contributed by atoms with E-state index < -0.39 is 5.97 Å². The average molecular weight is 273 g/mol. The molecule has 0 spiro atoms. The summed E-state index contributed by atoms with van der Waals surface area (Å²) in [4.78, 5) is 10.6. The summed E-state index contributed by atoms with van der Waals surface area (Å²) in [6, 6.07) is 3.49. The van der Waals surface area contributed by atoms with Gasteiger partial charge in [-0.05, 0) is 24.0 Å². The van der Waals surface area contributed by atoms with Gasteiger partial charge in [0.15, 0.2) is 11.5 Å². The maximum absolute atomic E-state index is 10.6. The van der Waals surface area contributed by atoms with Crippen molar-refractivity contribution in [2.24, 2.45) is 0 Å². The smallest absolute Gasteiger partial charge is 0.303 e. The number of benzene rings is 1. The first-order valence-electron chi connectivity index (χ1n) is 5.62. The van der Waals surface area contributed by atoms with Crippen LogP contribution in [0.1, 0.15) is 31.2 Å². The van der Waals surface area contributed by atoms with E-state index in [0.717, 1.165) is 5.56 Å². The zero-order valence-corrected chi connectivity index (χ0v) is 11.5. The zero-order chi connectivity index (χ0) is 13.7. The summed E-state index contributed by atoms with van der Waals surface area (Å²) in [5, 5.41) is 9.24. The van der Waals surface area contributed by atoms with Gasteiger partial charge in [-0.25, -0.2) is 0 Å². The lowest BCUT2D eigenvalue weighted by Crippen LogP contribution is -2.02. The third-order valence-electron chi connectivity index (χ3n) is 2.83. The molecule has 4 nitrogen and oxygen atoms in total. The molecule has 1 N–H and O–H groups in total. The molecular formula is C13H17ClO4. The van der Waals surface area contributed by atoms with Crippen molar-refractivity contribution >= 4 is 17.6 Å². The lowest BCUT2D eigenvalue weighted by molar-refractivity contribution is -0.137. The van der Waals surface area contributed by atoms with Gasteiger partial charge in [0.2, 0.25) is 0 Å². The number of hydrogen-bond donors (Lipinski definition) is 1. The molecule has 0 aromatic heterocycles. The van der Waals surface area contributed by atoms with Crippen LogP contribution >= 0.6 is 11.6 Å². The predicted octanol–water partition coefficient (Wildman–Crippen LogP) is 3.33. The quantitative estimate of drug-likeness (QED) is 0.863. The Balaban J connectivity index is 2.97. The number of carboxylic acid groups (broad SMARTS) is 1. The maximum atomic E-state index is 10.6. The van der Waals surface area contributed by atoms with E-state index in [1.165, 1.54) is 0 Å². The van der Waals surface area contributed by atoms with Crippen LogP contribution in [0.4, 0.5) is 0 Å². The van der Waals surface area contributed by atoms with Crippen LogP contribution in [0, 0.1) is 0 Å². The summed E-state index contributed by atoms with van der Waals surface area (Å²) in [5.41, 5.74) is 0.871. The van der Waals surface area contributed by atoms with Crippen LogP contribution in [-0.4, -0.2) is 25.3 Å². The second-order valence-electron chi connectivity index (χ2n) is 4.06. The highest BCUT2D eigenvalue weighted by Crippen LogP contribution is 2.37. The molecule has 0 aliphatic carbocycles. The van der Waals surface area contributed by atoms with Gasteiger partial charge in [-0.2, -0.15) is 0 Å². The fourth-order valence-corrected chi connectivity index (χ4v) is 2.08. The molecule has 0 aliphatic heterocycles. The van der Waals surface area contributed by atoms with Crippen molar-refractivity contribution in [3.05, 3.63) is 22.7 Å². The zero-order valence-electron chi connectivity index (χ0n) is 10.7. The lowest BCUT2D eigenvalue weighted by atomic mass is 9.95. The summed E-state index contributed by atoms with van der Waals surface area (Å²) in [6.45, 7) is 1.94. The van der Waals surface area contributed by atoms with E-state index in [1.54, 1.807) is 26.4 Å². The Hall–Kier alpha value is -1.42. The summed E-state index contributed by atoms with van der Waals surface area (Å²) < 4.78 is 10.4. The molecule has 0 amide bonds. The van der Waals surface area contributed by atoms with E-state index >= 15 is 0 Å². The van der Waals surface area contributed by atoms with Crippen molar-refractivity contribution in [3.8, 4) is 11.5 Å². The molecule has 5 heteroatoms. The van der Waals surface area contributed by atoms with Gasteiger partial charge >= 0.3 is 5.97 Å². The molecule has 1 aromatic rings. The Labute approximate surface area is 111 Å². The number of carbonyl (C=O) groups is 1. The molecule has 0 saturated heterocycles. The van der Waals surface area contributed by atoms with Gasteiger partial charge in [0.25, 0.3) is 0 Å². The number of carboxylic acids is 1. The lowest BCUT2D eigenvalue weighted by Gasteiger charge is -2.16. The maximum Gasteiger partial charge on any atom is 0.303 e. The van der Waals surface area contributed by atoms with Gasteiger partial charge < -0.3 is 14.6 Å². The first-order valence-corrected chi connectivity index (χ1v) is 6.00. The van der Waals surface area contributed by atoms with Crippen molar-refractivity contribution in [3.63, 3.8) is 0 Å². The number of hydrogen-bond acceptors (Lipinski definition) is 3. The summed E-state index contributed by atoms with van der Waals surface area (Å²) in [5.74, 6) is 0.405. The Morgan fingerprint density at radius 1 is 1.33 bits per heavy atom. The highest BCUT2D eigenvalue weighted by atomic mass is 35.5. The molecule has 1 aromatic carbocycles. The van der Waals surface area contributed by atoms with Gasteiger partial charge in [-0.15, -0.1) is 0 Å². The monoisotopic (exact) mass is 272 g/mol. The van der Waals surface area contributed by atoms with Crippen molar-refractivity contribution in [1.29, 1.82) is 0 Å². The second-order valence-corrected chi connectivity index (χ2v) is 4.47. The molecule has 0 fully saturated rings. The standard InChI is InChI=1S/C13H17ClO4/c1-8(4-5-13(15)16)9-6-11(17-2)12(18-3)7-10(9)14/h6-8H,4-5H2,1-3H3,(H,15,16). The predicted molar refractivity (Wildman–Crippen MR) is 69.8 cm³/mol. The second kappa shape index (κ2) is 6.50. The van der Waals surface area contributed by atoms with Crippen molar-refractivity contribution in [2.45, 2.75) is 25.7 Å². The largest absolute Gasteiger partial charge is 0.493 e. The Morgan fingerprint density at radius 2 is 1.89 bits per heavy atom. The molecule has 0 heterocycles. The molecule has 0 bridgehead atoms. The minimum atomic E-state index is -0.807. The molecule has 1 rings (SSSR count). The number of halogens is 1. The highest BCUT2D eigenvalue weighted by molar-refractivity contribution is 6.31.